The van der Waals surface area contributed by atoms with Crippen molar-refractivity contribution >= 4 is 9.84 Å². The predicted molar refractivity (Wildman–Crippen MR) is 107 cm³/mol. The lowest BCUT2D eigenvalue weighted by Gasteiger charge is -2.09. The number of aliphatic hydroxyl groups excluding tert-OH is 1. The van der Waals surface area contributed by atoms with Gasteiger partial charge in [0.25, 0.3) is 0 Å². The van der Waals surface area contributed by atoms with Crippen LogP contribution in [0.3, 0.4) is 0 Å². The van der Waals surface area contributed by atoms with E-state index in [9.17, 15) is 8.42 Å². The molecule has 0 bridgehead atoms. The van der Waals surface area contributed by atoms with Crippen molar-refractivity contribution in [2.24, 2.45) is 0 Å². The zero-order valence-corrected chi connectivity index (χ0v) is 16.1. The Morgan fingerprint density at radius 2 is 1.70 bits per heavy atom. The zero-order chi connectivity index (χ0) is 19.3. The molecular formula is C22H23NO3S. The Bertz CT molecular complexity index is 997. The van der Waals surface area contributed by atoms with Gasteiger partial charge in [-0.3, -0.25) is 4.98 Å². The van der Waals surface area contributed by atoms with Gasteiger partial charge in [-0.15, -0.1) is 0 Å². The molecule has 0 atom stereocenters. The van der Waals surface area contributed by atoms with Crippen molar-refractivity contribution in [3.8, 4) is 11.1 Å². The summed E-state index contributed by atoms with van der Waals surface area (Å²) in [5.74, 6) is -0.255. The van der Waals surface area contributed by atoms with Crippen molar-refractivity contribution in [1.82, 2.24) is 4.98 Å². The number of benzene rings is 2. The van der Waals surface area contributed by atoms with Gasteiger partial charge in [-0.1, -0.05) is 42.0 Å². The third-order valence-corrected chi connectivity index (χ3v) is 6.15. The molecule has 0 aliphatic rings. The molecule has 3 rings (SSSR count). The van der Waals surface area contributed by atoms with Crippen LogP contribution >= 0.6 is 0 Å². The minimum Gasteiger partial charge on any atom is -0.395 e. The van der Waals surface area contributed by atoms with Crippen LogP contribution < -0.4 is 0 Å². The number of aromatic nitrogens is 1. The Hall–Kier alpha value is -2.50. The third-order valence-electron chi connectivity index (χ3n) is 4.44. The van der Waals surface area contributed by atoms with Crippen molar-refractivity contribution in [2.75, 3.05) is 12.4 Å². The lowest BCUT2D eigenvalue weighted by molar-refractivity contribution is 0.319. The Labute approximate surface area is 160 Å². The number of aliphatic hydroxyl groups is 1. The van der Waals surface area contributed by atoms with E-state index in [1.165, 1.54) is 11.1 Å². The Kier molecular flexibility index (Phi) is 6.04. The summed E-state index contributed by atoms with van der Waals surface area (Å²) in [6.07, 6.45) is 3.58. The lowest BCUT2D eigenvalue weighted by Crippen LogP contribution is -2.09. The number of nitrogens with zero attached hydrogens (tertiary/aromatic N) is 1. The first-order valence-corrected chi connectivity index (χ1v) is 10.6. The maximum absolute atomic E-state index is 12.0. The molecule has 27 heavy (non-hydrogen) atoms. The van der Waals surface area contributed by atoms with Crippen LogP contribution in [0.25, 0.3) is 11.1 Å². The van der Waals surface area contributed by atoms with Gasteiger partial charge in [0.1, 0.15) is 0 Å². The molecule has 0 aliphatic carbocycles. The van der Waals surface area contributed by atoms with Gasteiger partial charge in [-0.2, -0.15) is 0 Å². The summed E-state index contributed by atoms with van der Waals surface area (Å²) >= 11 is 0. The minimum absolute atomic E-state index is 0.239. The lowest BCUT2D eigenvalue weighted by atomic mass is 9.98. The molecule has 1 heterocycles. The molecular weight excluding hydrogens is 358 g/mol. The number of pyridine rings is 1. The van der Waals surface area contributed by atoms with Crippen LogP contribution in [0, 0.1) is 6.92 Å². The summed E-state index contributed by atoms with van der Waals surface area (Å²) in [4.78, 5) is 4.61. The molecule has 0 spiro atoms. The normalized spacial score (nSPS) is 11.5. The summed E-state index contributed by atoms with van der Waals surface area (Å²) in [6, 6.07) is 19.2. The standard InChI is InChI=1S/C22H23NO3S/c1-17-14-18(5-8-21-4-2-3-11-23-21)16-20(15-17)19-6-9-22(10-7-19)27(25,26)13-12-24/h2-4,6-7,9-11,14-16,24H,5,8,12-13H2,1H3. The summed E-state index contributed by atoms with van der Waals surface area (Å²) in [7, 11) is -3.42. The van der Waals surface area contributed by atoms with E-state index >= 15 is 0 Å². The molecule has 3 aromatic rings. The van der Waals surface area contributed by atoms with Crippen LogP contribution in [0.1, 0.15) is 16.8 Å². The largest absolute Gasteiger partial charge is 0.395 e. The highest BCUT2D eigenvalue weighted by Gasteiger charge is 2.13. The number of aryl methyl sites for hydroxylation is 3. The second kappa shape index (κ2) is 8.46. The number of hydrogen-bond donors (Lipinski definition) is 1. The molecule has 5 heteroatoms. The third kappa shape index (κ3) is 5.02. The Morgan fingerprint density at radius 3 is 2.37 bits per heavy atom. The molecule has 4 nitrogen and oxygen atoms in total. The van der Waals surface area contributed by atoms with Gasteiger partial charge in [0, 0.05) is 11.9 Å². The monoisotopic (exact) mass is 381 g/mol. The second-order valence-electron chi connectivity index (χ2n) is 6.60. The van der Waals surface area contributed by atoms with Crippen LogP contribution in [0.5, 0.6) is 0 Å². The van der Waals surface area contributed by atoms with Crippen molar-refractivity contribution < 1.29 is 13.5 Å². The van der Waals surface area contributed by atoms with Crippen LogP contribution in [0.15, 0.2) is 71.8 Å². The van der Waals surface area contributed by atoms with Crippen LogP contribution in [-0.2, 0) is 22.7 Å². The van der Waals surface area contributed by atoms with Crippen LogP contribution in [0.4, 0.5) is 0 Å². The molecule has 1 N–H and O–H groups in total. The Balaban J connectivity index is 1.81. The number of rotatable bonds is 7. The predicted octanol–water partition coefficient (Wildman–Crippen LogP) is 3.61. The molecule has 0 saturated carbocycles. The molecule has 0 unspecified atom stereocenters. The Morgan fingerprint density at radius 1 is 0.926 bits per heavy atom. The average Bonchev–Trinajstić information content (AvgIpc) is 2.67. The highest BCUT2D eigenvalue weighted by molar-refractivity contribution is 7.91. The van der Waals surface area contributed by atoms with Gasteiger partial charge < -0.3 is 5.11 Å². The van der Waals surface area contributed by atoms with Crippen LogP contribution in [0.2, 0.25) is 0 Å². The molecule has 2 aromatic carbocycles. The molecule has 0 saturated heterocycles. The fourth-order valence-electron chi connectivity index (χ4n) is 3.08. The SMILES string of the molecule is Cc1cc(CCc2ccccn2)cc(-c2ccc(S(=O)(=O)CCO)cc2)c1. The van der Waals surface area contributed by atoms with Crippen molar-refractivity contribution in [1.29, 1.82) is 0 Å². The topological polar surface area (TPSA) is 67.3 Å². The molecule has 140 valence electrons. The van der Waals surface area contributed by atoms with E-state index in [0.29, 0.717) is 0 Å². The van der Waals surface area contributed by atoms with E-state index in [1.54, 1.807) is 12.1 Å². The molecule has 1 aromatic heterocycles. The van der Waals surface area contributed by atoms with Gasteiger partial charge in [-0.05, 0) is 60.7 Å². The first kappa shape index (κ1) is 19.3. The minimum atomic E-state index is -3.42. The van der Waals surface area contributed by atoms with Gasteiger partial charge in [-0.25, -0.2) is 8.42 Å². The fourth-order valence-corrected chi connectivity index (χ4v) is 4.11. The van der Waals surface area contributed by atoms with Gasteiger partial charge in [0.15, 0.2) is 9.84 Å². The molecule has 0 fully saturated rings. The summed E-state index contributed by atoms with van der Waals surface area (Å²) in [5, 5.41) is 8.91. The molecule has 0 amide bonds. The summed E-state index contributed by atoms with van der Waals surface area (Å²) in [6.45, 7) is 1.69. The zero-order valence-electron chi connectivity index (χ0n) is 15.3. The quantitative estimate of drug-likeness (QED) is 0.679. The van der Waals surface area contributed by atoms with E-state index in [2.05, 4.69) is 30.1 Å². The second-order valence-corrected chi connectivity index (χ2v) is 8.70. The van der Waals surface area contributed by atoms with E-state index < -0.39 is 9.84 Å². The van der Waals surface area contributed by atoms with Crippen molar-refractivity contribution in [2.45, 2.75) is 24.7 Å². The highest BCUT2D eigenvalue weighted by Crippen LogP contribution is 2.25. The van der Waals surface area contributed by atoms with Gasteiger partial charge in [0.2, 0.25) is 0 Å². The van der Waals surface area contributed by atoms with Crippen LogP contribution in [-0.4, -0.2) is 30.9 Å². The van der Waals surface area contributed by atoms with E-state index in [1.807, 2.05) is 36.5 Å². The fraction of sp³-hybridized carbons (Fsp3) is 0.227. The number of hydrogen-bond acceptors (Lipinski definition) is 4. The van der Waals surface area contributed by atoms with Gasteiger partial charge >= 0.3 is 0 Å². The maximum Gasteiger partial charge on any atom is 0.180 e. The van der Waals surface area contributed by atoms with Crippen molar-refractivity contribution in [3.63, 3.8) is 0 Å². The smallest absolute Gasteiger partial charge is 0.180 e. The first-order valence-electron chi connectivity index (χ1n) is 8.92. The number of sulfone groups is 1. The highest BCUT2D eigenvalue weighted by atomic mass is 32.2. The van der Waals surface area contributed by atoms with Gasteiger partial charge in [0.05, 0.1) is 17.3 Å². The van der Waals surface area contributed by atoms with E-state index in [4.69, 9.17) is 5.11 Å². The van der Waals surface area contributed by atoms with E-state index in [-0.39, 0.29) is 17.3 Å². The summed E-state index contributed by atoms with van der Waals surface area (Å²) in [5.41, 5.74) is 5.50. The first-order chi connectivity index (χ1) is 13.0. The maximum atomic E-state index is 12.0. The molecule has 0 aliphatic heterocycles. The summed E-state index contributed by atoms with van der Waals surface area (Å²) < 4.78 is 24.1. The molecule has 0 radical (unpaired) electrons. The average molecular weight is 381 g/mol. The van der Waals surface area contributed by atoms with E-state index in [0.717, 1.165) is 29.7 Å². The van der Waals surface area contributed by atoms with Crippen molar-refractivity contribution in [3.05, 3.63) is 83.7 Å².